The fourth-order valence-electron chi connectivity index (χ4n) is 3.72. The molecule has 1 N–H and O–H groups in total. The second-order valence-corrected chi connectivity index (χ2v) is 7.98. The van der Waals surface area contributed by atoms with Crippen molar-refractivity contribution in [2.45, 2.75) is 52.7 Å². The molecule has 3 aromatic heterocycles. The maximum atomic E-state index is 12.9. The lowest BCUT2D eigenvalue weighted by Crippen LogP contribution is -2.40. The third-order valence-electron chi connectivity index (χ3n) is 5.20. The summed E-state index contributed by atoms with van der Waals surface area (Å²) in [5.74, 6) is 5.67. The standard InChI is InChI=1S/C24H23F3N6O3/c1-3-10-32-21-19(22(34)33(11-4-2)23(32)35)29-20(30-21)17-14-28-31(15-17)12-6-8-16-7-5-9-18(13-16)36-24(25,26)27/h5,7,9,13-15H,3-4,10-12H2,1-2H3,(H,29,30). The molecule has 3 heterocycles. The average Bonchev–Trinajstić information content (AvgIpc) is 3.46. The summed E-state index contributed by atoms with van der Waals surface area (Å²) in [6.07, 6.45) is -0.223. The molecule has 188 valence electrons. The lowest BCUT2D eigenvalue weighted by molar-refractivity contribution is -0.274. The van der Waals surface area contributed by atoms with Crippen molar-refractivity contribution in [1.29, 1.82) is 0 Å². The van der Waals surface area contributed by atoms with E-state index in [9.17, 15) is 22.8 Å². The normalized spacial score (nSPS) is 11.5. The summed E-state index contributed by atoms with van der Waals surface area (Å²) in [4.78, 5) is 33.3. The van der Waals surface area contributed by atoms with E-state index in [2.05, 4.69) is 31.6 Å². The number of aromatic amines is 1. The molecule has 9 nitrogen and oxygen atoms in total. The molecule has 0 fully saturated rings. The molecule has 0 saturated carbocycles. The first-order chi connectivity index (χ1) is 17.2. The van der Waals surface area contributed by atoms with E-state index in [1.807, 2.05) is 13.8 Å². The second-order valence-electron chi connectivity index (χ2n) is 7.98. The highest BCUT2D eigenvalue weighted by molar-refractivity contribution is 5.75. The Morgan fingerprint density at radius 2 is 1.86 bits per heavy atom. The molecule has 0 aliphatic rings. The molecular weight excluding hydrogens is 477 g/mol. The maximum Gasteiger partial charge on any atom is 0.573 e. The molecule has 36 heavy (non-hydrogen) atoms. The van der Waals surface area contributed by atoms with Crippen molar-refractivity contribution < 1.29 is 17.9 Å². The Morgan fingerprint density at radius 1 is 1.11 bits per heavy atom. The van der Waals surface area contributed by atoms with Crippen molar-refractivity contribution in [3.63, 3.8) is 0 Å². The van der Waals surface area contributed by atoms with E-state index < -0.39 is 11.9 Å². The second kappa shape index (κ2) is 10.2. The Bertz CT molecular complexity index is 1570. The van der Waals surface area contributed by atoms with Crippen LogP contribution >= 0.6 is 0 Å². The summed E-state index contributed by atoms with van der Waals surface area (Å²) in [6, 6.07) is 5.39. The van der Waals surface area contributed by atoms with Crippen LogP contribution in [0, 0.1) is 11.8 Å². The molecule has 4 rings (SSSR count). The molecule has 12 heteroatoms. The number of nitrogens with zero attached hydrogens (tertiary/aromatic N) is 5. The van der Waals surface area contributed by atoms with Gasteiger partial charge in [0, 0.05) is 24.8 Å². The number of rotatable bonds is 7. The number of H-pyrrole nitrogens is 1. The van der Waals surface area contributed by atoms with Gasteiger partial charge < -0.3 is 9.72 Å². The minimum absolute atomic E-state index is 0.161. The number of halogens is 3. The van der Waals surface area contributed by atoms with Crippen LogP contribution in [0.3, 0.4) is 0 Å². The van der Waals surface area contributed by atoms with Crippen LogP contribution in [0.2, 0.25) is 0 Å². The first kappa shape index (κ1) is 24.8. The van der Waals surface area contributed by atoms with E-state index in [-0.39, 0.29) is 23.5 Å². The minimum Gasteiger partial charge on any atom is -0.406 e. The summed E-state index contributed by atoms with van der Waals surface area (Å²) in [7, 11) is 0. The van der Waals surface area contributed by atoms with Crippen LogP contribution in [-0.4, -0.2) is 35.2 Å². The summed E-state index contributed by atoms with van der Waals surface area (Å²) < 4.78 is 45.3. The molecule has 0 aliphatic heterocycles. The van der Waals surface area contributed by atoms with Gasteiger partial charge in [0.2, 0.25) is 0 Å². The summed E-state index contributed by atoms with van der Waals surface area (Å²) in [5, 5.41) is 4.23. The lowest BCUT2D eigenvalue weighted by atomic mass is 10.2. The van der Waals surface area contributed by atoms with Crippen molar-refractivity contribution >= 4 is 11.2 Å². The van der Waals surface area contributed by atoms with Crippen LogP contribution < -0.4 is 16.0 Å². The van der Waals surface area contributed by atoms with E-state index in [1.165, 1.54) is 32.0 Å². The predicted molar refractivity (Wildman–Crippen MR) is 126 cm³/mol. The Hall–Kier alpha value is -4.27. The Morgan fingerprint density at radius 3 is 2.58 bits per heavy atom. The van der Waals surface area contributed by atoms with E-state index in [1.54, 1.807) is 18.5 Å². The molecule has 0 amide bonds. The number of nitrogens with one attached hydrogen (secondary N) is 1. The molecular formula is C24H23F3N6O3. The van der Waals surface area contributed by atoms with E-state index in [0.717, 1.165) is 0 Å². The highest BCUT2D eigenvalue weighted by Crippen LogP contribution is 2.23. The number of alkyl halides is 3. The van der Waals surface area contributed by atoms with Crippen LogP contribution in [-0.2, 0) is 19.6 Å². The van der Waals surface area contributed by atoms with E-state index >= 15 is 0 Å². The van der Waals surface area contributed by atoms with Crippen molar-refractivity contribution in [3.05, 3.63) is 63.1 Å². The van der Waals surface area contributed by atoms with Gasteiger partial charge in [0.15, 0.2) is 5.65 Å². The number of hydrogen-bond acceptors (Lipinski definition) is 5. The van der Waals surface area contributed by atoms with Crippen LogP contribution in [0.5, 0.6) is 5.75 Å². The van der Waals surface area contributed by atoms with Gasteiger partial charge in [-0.05, 0) is 31.0 Å². The third-order valence-corrected chi connectivity index (χ3v) is 5.20. The van der Waals surface area contributed by atoms with Crippen LogP contribution in [0.25, 0.3) is 22.6 Å². The fraction of sp³-hybridized carbons (Fsp3) is 0.333. The largest absolute Gasteiger partial charge is 0.573 e. The summed E-state index contributed by atoms with van der Waals surface area (Å²) in [5.41, 5.74) is 0.690. The number of ether oxygens (including phenoxy) is 1. The van der Waals surface area contributed by atoms with Gasteiger partial charge >= 0.3 is 12.1 Å². The highest BCUT2D eigenvalue weighted by atomic mass is 19.4. The first-order valence-electron chi connectivity index (χ1n) is 11.3. The average molecular weight is 500 g/mol. The number of aromatic nitrogens is 6. The lowest BCUT2D eigenvalue weighted by Gasteiger charge is -2.09. The van der Waals surface area contributed by atoms with Gasteiger partial charge in [-0.2, -0.15) is 5.10 Å². The zero-order valence-electron chi connectivity index (χ0n) is 19.6. The molecule has 0 radical (unpaired) electrons. The van der Waals surface area contributed by atoms with Crippen molar-refractivity contribution in [2.75, 3.05) is 0 Å². The molecule has 1 aromatic carbocycles. The minimum atomic E-state index is -4.78. The molecule has 0 atom stereocenters. The Balaban J connectivity index is 1.59. The van der Waals surface area contributed by atoms with Gasteiger partial charge in [-0.15, -0.1) is 13.2 Å². The van der Waals surface area contributed by atoms with Crippen molar-refractivity contribution in [2.24, 2.45) is 0 Å². The quantitative estimate of drug-likeness (QED) is 0.392. The molecule has 0 bridgehead atoms. The summed E-state index contributed by atoms with van der Waals surface area (Å²) in [6.45, 7) is 4.73. The van der Waals surface area contributed by atoms with Crippen molar-refractivity contribution in [1.82, 2.24) is 28.9 Å². The Kier molecular flexibility index (Phi) is 7.00. The molecule has 0 saturated heterocycles. The van der Waals surface area contributed by atoms with Crippen LogP contribution in [0.15, 0.2) is 46.2 Å². The third kappa shape index (κ3) is 5.35. The van der Waals surface area contributed by atoms with E-state index in [0.29, 0.717) is 48.5 Å². The Labute approximate surface area is 203 Å². The fourth-order valence-corrected chi connectivity index (χ4v) is 3.72. The number of benzene rings is 1. The number of imidazole rings is 1. The van der Waals surface area contributed by atoms with Crippen LogP contribution in [0.1, 0.15) is 32.3 Å². The highest BCUT2D eigenvalue weighted by Gasteiger charge is 2.31. The zero-order chi connectivity index (χ0) is 25.9. The van der Waals surface area contributed by atoms with Gasteiger partial charge in [-0.25, -0.2) is 9.78 Å². The number of aryl methyl sites for hydroxylation is 1. The number of fused-ring (bicyclic) bond motifs is 1. The zero-order valence-corrected chi connectivity index (χ0v) is 19.6. The van der Waals surface area contributed by atoms with Crippen molar-refractivity contribution in [3.8, 4) is 29.0 Å². The molecule has 0 spiro atoms. The van der Waals surface area contributed by atoms with E-state index in [4.69, 9.17) is 0 Å². The van der Waals surface area contributed by atoms with Crippen LogP contribution in [0.4, 0.5) is 13.2 Å². The molecule has 0 unspecified atom stereocenters. The molecule has 0 aliphatic carbocycles. The van der Waals surface area contributed by atoms with Gasteiger partial charge in [0.05, 0.1) is 11.8 Å². The van der Waals surface area contributed by atoms with Gasteiger partial charge in [0.25, 0.3) is 5.56 Å². The first-order valence-corrected chi connectivity index (χ1v) is 11.3. The summed E-state index contributed by atoms with van der Waals surface area (Å²) >= 11 is 0. The topological polar surface area (TPSA) is 99.7 Å². The predicted octanol–water partition coefficient (Wildman–Crippen LogP) is 3.52. The number of hydrogen-bond donors (Lipinski definition) is 1. The van der Waals surface area contributed by atoms with Gasteiger partial charge in [-0.3, -0.25) is 18.6 Å². The van der Waals surface area contributed by atoms with Gasteiger partial charge in [-0.1, -0.05) is 31.8 Å². The SMILES string of the molecule is CCCn1c(=O)c2[nH]c(-c3cnn(CC#Cc4cccc(OC(F)(F)F)c4)c3)nc2n(CCC)c1=O. The maximum absolute atomic E-state index is 12.9. The molecule has 4 aromatic rings. The van der Waals surface area contributed by atoms with Gasteiger partial charge in [0.1, 0.15) is 23.6 Å². The monoisotopic (exact) mass is 500 g/mol. The smallest absolute Gasteiger partial charge is 0.406 e.